The van der Waals surface area contributed by atoms with E-state index in [1.165, 1.54) is 16.7 Å². The zero-order valence-corrected chi connectivity index (χ0v) is 8.20. The summed E-state index contributed by atoms with van der Waals surface area (Å²) in [6.45, 7) is 6.75. The van der Waals surface area contributed by atoms with Gasteiger partial charge in [-0.3, -0.25) is 0 Å². The molecule has 2 aliphatic rings. The Bertz CT molecular complexity index is 282. The van der Waals surface area contributed by atoms with E-state index in [0.717, 1.165) is 0 Å². The summed E-state index contributed by atoms with van der Waals surface area (Å²) in [6, 6.07) is 6.79. The second-order valence-corrected chi connectivity index (χ2v) is 4.16. The van der Waals surface area contributed by atoms with Crippen molar-refractivity contribution in [2.45, 2.75) is 26.2 Å². The topological polar surface area (TPSA) is 40.5 Å². The molecule has 0 aromatic carbocycles. The summed E-state index contributed by atoms with van der Waals surface area (Å²) in [4.78, 5) is 0. The standard InChI is InChI=1S/C10H12.BH2O2/c1-10(2,3)9-5-7-4-8(7)6-9;2-1-3/h4-6H,1-3H3;2-3H. The van der Waals surface area contributed by atoms with Crippen molar-refractivity contribution in [2.75, 3.05) is 0 Å². The molecule has 0 aliphatic heterocycles. The van der Waals surface area contributed by atoms with E-state index in [1.807, 2.05) is 0 Å². The molecular weight excluding hydrogens is 163 g/mol. The second-order valence-electron chi connectivity index (χ2n) is 4.16. The summed E-state index contributed by atoms with van der Waals surface area (Å²) in [5.74, 6) is 0. The molecule has 0 atom stereocenters. The van der Waals surface area contributed by atoms with Gasteiger partial charge in [0.25, 0.3) is 0 Å². The van der Waals surface area contributed by atoms with Crippen LogP contribution in [0.3, 0.4) is 0 Å². The second kappa shape index (κ2) is 3.52. The average molecular weight is 177 g/mol. The fourth-order valence-corrected chi connectivity index (χ4v) is 1.19. The Morgan fingerprint density at radius 3 is 1.62 bits per heavy atom. The van der Waals surface area contributed by atoms with Gasteiger partial charge in [-0.15, -0.1) is 0 Å². The van der Waals surface area contributed by atoms with Gasteiger partial charge in [-0.1, -0.05) is 32.9 Å². The fraction of sp³-hybridized carbons (Fsp3) is 0.400. The van der Waals surface area contributed by atoms with E-state index in [4.69, 9.17) is 10.0 Å². The summed E-state index contributed by atoms with van der Waals surface area (Å²) in [6.07, 6.45) is 0. The van der Waals surface area contributed by atoms with Crippen molar-refractivity contribution in [3.8, 4) is 11.1 Å². The lowest BCUT2D eigenvalue weighted by Crippen LogP contribution is -2.08. The molecule has 13 heavy (non-hydrogen) atoms. The summed E-state index contributed by atoms with van der Waals surface area (Å²) in [7, 11) is 0. The average Bonchev–Trinajstić information content (AvgIpc) is 2.58. The van der Waals surface area contributed by atoms with Gasteiger partial charge in [0.2, 0.25) is 0 Å². The first-order chi connectivity index (χ1) is 5.99. The minimum absolute atomic E-state index is 0. The largest absolute Gasteiger partial charge is 0.482 e. The van der Waals surface area contributed by atoms with E-state index in [0.29, 0.717) is 5.41 Å². The SMILES string of the molecule is CC(C)(C)c1cc2cc-2c1.O[B]O. The van der Waals surface area contributed by atoms with Gasteiger partial charge >= 0.3 is 7.69 Å². The third kappa shape index (κ3) is 2.57. The Morgan fingerprint density at radius 2 is 1.38 bits per heavy atom. The van der Waals surface area contributed by atoms with Gasteiger partial charge in [-0.2, -0.15) is 0 Å². The van der Waals surface area contributed by atoms with Crippen LogP contribution in [0.25, 0.3) is 11.1 Å². The van der Waals surface area contributed by atoms with Crippen LogP contribution in [0.2, 0.25) is 0 Å². The van der Waals surface area contributed by atoms with Crippen LogP contribution in [-0.2, 0) is 5.41 Å². The van der Waals surface area contributed by atoms with Crippen LogP contribution >= 0.6 is 0 Å². The molecule has 2 rings (SSSR count). The van der Waals surface area contributed by atoms with Crippen molar-refractivity contribution in [1.29, 1.82) is 0 Å². The molecule has 0 aromatic heterocycles. The molecule has 0 saturated heterocycles. The number of rotatable bonds is 0. The lowest BCUT2D eigenvalue weighted by molar-refractivity contribution is 0.448. The van der Waals surface area contributed by atoms with E-state index >= 15 is 0 Å². The number of hydrogen-bond acceptors (Lipinski definition) is 2. The van der Waals surface area contributed by atoms with Crippen molar-refractivity contribution in [1.82, 2.24) is 0 Å². The molecular formula is C10H14BO2. The lowest BCUT2D eigenvalue weighted by Gasteiger charge is -2.16. The zero-order valence-electron chi connectivity index (χ0n) is 8.20. The molecule has 0 unspecified atom stereocenters. The maximum atomic E-state index is 7.00. The molecule has 0 amide bonds. The van der Waals surface area contributed by atoms with E-state index in [2.05, 4.69) is 39.0 Å². The zero-order chi connectivity index (χ0) is 10.1. The van der Waals surface area contributed by atoms with Crippen molar-refractivity contribution in [3.05, 3.63) is 23.8 Å². The van der Waals surface area contributed by atoms with Crippen LogP contribution < -0.4 is 0 Å². The van der Waals surface area contributed by atoms with Gasteiger partial charge in [0.15, 0.2) is 0 Å². The molecule has 0 fully saturated rings. The first-order valence-corrected chi connectivity index (χ1v) is 4.25. The van der Waals surface area contributed by atoms with E-state index in [9.17, 15) is 0 Å². The molecule has 2 aliphatic carbocycles. The van der Waals surface area contributed by atoms with E-state index in [-0.39, 0.29) is 7.69 Å². The minimum atomic E-state index is 0. The summed E-state index contributed by atoms with van der Waals surface area (Å²) in [5, 5.41) is 14.0. The molecule has 0 bridgehead atoms. The van der Waals surface area contributed by atoms with Gasteiger partial charge in [0, 0.05) is 0 Å². The van der Waals surface area contributed by atoms with E-state index < -0.39 is 0 Å². The molecule has 0 saturated carbocycles. The molecule has 0 aromatic rings. The maximum absolute atomic E-state index is 7.00. The van der Waals surface area contributed by atoms with Crippen LogP contribution in [0.1, 0.15) is 26.3 Å². The first kappa shape index (κ1) is 10.3. The highest BCUT2D eigenvalue weighted by Gasteiger charge is 2.21. The van der Waals surface area contributed by atoms with Crippen molar-refractivity contribution >= 4 is 7.69 Å². The van der Waals surface area contributed by atoms with Gasteiger partial charge in [0.05, 0.1) is 0 Å². The number of benzene rings is 1. The molecule has 0 heterocycles. The van der Waals surface area contributed by atoms with Gasteiger partial charge < -0.3 is 10.0 Å². The van der Waals surface area contributed by atoms with Gasteiger partial charge in [-0.05, 0) is 28.2 Å². The Labute approximate surface area is 79.5 Å². The highest BCUT2D eigenvalue weighted by molar-refractivity contribution is 6.13. The molecule has 1 radical (unpaired) electrons. The normalized spacial score (nSPS) is 11.5. The maximum Gasteiger partial charge on any atom is 0.482 e. The third-order valence-corrected chi connectivity index (χ3v) is 2.05. The van der Waals surface area contributed by atoms with Crippen LogP contribution in [0.5, 0.6) is 0 Å². The highest BCUT2D eigenvalue weighted by Crippen LogP contribution is 2.40. The molecule has 0 spiro atoms. The summed E-state index contributed by atoms with van der Waals surface area (Å²) in [5.41, 5.74) is 4.70. The third-order valence-electron chi connectivity index (χ3n) is 2.05. The smallest absolute Gasteiger partial charge is 0.429 e. The lowest BCUT2D eigenvalue weighted by atomic mass is 9.89. The predicted octanol–water partition coefficient (Wildman–Crippen LogP) is 1.47. The number of fused-ring (bicyclic) bond motifs is 1. The minimum Gasteiger partial charge on any atom is -0.429 e. The van der Waals surface area contributed by atoms with Crippen LogP contribution in [-0.4, -0.2) is 17.7 Å². The Balaban J connectivity index is 0.000000251. The van der Waals surface area contributed by atoms with Gasteiger partial charge in [-0.25, -0.2) is 0 Å². The monoisotopic (exact) mass is 177 g/mol. The van der Waals surface area contributed by atoms with Crippen LogP contribution in [0.4, 0.5) is 0 Å². The molecule has 2 N–H and O–H groups in total. The van der Waals surface area contributed by atoms with Crippen molar-refractivity contribution < 1.29 is 10.0 Å². The van der Waals surface area contributed by atoms with E-state index in [1.54, 1.807) is 0 Å². The Hall–Kier alpha value is -0.795. The highest BCUT2D eigenvalue weighted by atomic mass is 16.4. The van der Waals surface area contributed by atoms with Gasteiger partial charge in [0.1, 0.15) is 0 Å². The summed E-state index contributed by atoms with van der Waals surface area (Å²) >= 11 is 0. The predicted molar refractivity (Wildman–Crippen MR) is 54.3 cm³/mol. The van der Waals surface area contributed by atoms with Crippen molar-refractivity contribution in [2.24, 2.45) is 0 Å². The fourth-order valence-electron chi connectivity index (χ4n) is 1.19. The Morgan fingerprint density at radius 1 is 1.00 bits per heavy atom. The quantitative estimate of drug-likeness (QED) is 0.598. The van der Waals surface area contributed by atoms with Crippen LogP contribution in [0, 0.1) is 0 Å². The summed E-state index contributed by atoms with van der Waals surface area (Å²) < 4.78 is 0. The molecule has 69 valence electrons. The van der Waals surface area contributed by atoms with Crippen LogP contribution in [0.15, 0.2) is 18.2 Å². The first-order valence-electron chi connectivity index (χ1n) is 4.25. The Kier molecular flexibility index (Phi) is 2.79. The number of hydrogen-bond donors (Lipinski definition) is 2. The van der Waals surface area contributed by atoms with Crippen molar-refractivity contribution in [3.63, 3.8) is 0 Å². The molecule has 3 heteroatoms. The molecule has 2 nitrogen and oxygen atoms in total.